The highest BCUT2D eigenvalue weighted by Gasteiger charge is 2.33. The number of likely N-dealkylation sites (tertiary alicyclic amines) is 1. The monoisotopic (exact) mass is 463 g/mol. The zero-order chi connectivity index (χ0) is 23.5. The predicted octanol–water partition coefficient (Wildman–Crippen LogP) is 1.94. The van der Waals surface area contributed by atoms with Crippen molar-refractivity contribution in [3.05, 3.63) is 48.8 Å². The van der Waals surface area contributed by atoms with E-state index in [0.717, 1.165) is 60.7 Å². The molecule has 1 aromatic carbocycles. The number of anilines is 2. The summed E-state index contributed by atoms with van der Waals surface area (Å²) in [5.41, 5.74) is 5.60. The number of hydrogen-bond donors (Lipinski definition) is 3. The molecule has 0 radical (unpaired) electrons. The molecule has 2 fully saturated rings. The first-order chi connectivity index (χ1) is 16.6. The zero-order valence-electron chi connectivity index (χ0n) is 19.7. The number of aromatic nitrogens is 2. The average molecular weight is 464 g/mol. The van der Waals surface area contributed by atoms with Crippen LogP contribution in [0.25, 0.3) is 16.6 Å². The van der Waals surface area contributed by atoms with Crippen molar-refractivity contribution < 1.29 is 9.90 Å². The summed E-state index contributed by atoms with van der Waals surface area (Å²) in [6.45, 7) is 8.73. The van der Waals surface area contributed by atoms with Crippen molar-refractivity contribution in [2.75, 3.05) is 69.1 Å². The molecule has 3 aromatic rings. The number of piperazine rings is 1. The molecule has 2 aliphatic heterocycles. The number of fused-ring (bicyclic) bond motifs is 1. The Morgan fingerprint density at radius 1 is 1.03 bits per heavy atom. The van der Waals surface area contributed by atoms with E-state index < -0.39 is 0 Å². The number of benzene rings is 1. The number of hydrogen-bond acceptors (Lipinski definition) is 6. The highest BCUT2D eigenvalue weighted by molar-refractivity contribution is 5.81. The van der Waals surface area contributed by atoms with Crippen LogP contribution in [-0.4, -0.2) is 95.6 Å². The Hall–Kier alpha value is -3.30. The second kappa shape index (κ2) is 9.90. The van der Waals surface area contributed by atoms with Gasteiger partial charge in [-0.3, -0.25) is 0 Å². The third-order valence-electron chi connectivity index (χ3n) is 6.61. The van der Waals surface area contributed by atoms with Gasteiger partial charge < -0.3 is 30.4 Å². The highest BCUT2D eigenvalue weighted by atomic mass is 16.3. The molecule has 0 atom stereocenters. The number of aliphatic hydroxyl groups excluding tert-OH is 1. The minimum absolute atomic E-state index is 0.0364. The predicted molar refractivity (Wildman–Crippen MR) is 134 cm³/mol. The summed E-state index contributed by atoms with van der Waals surface area (Å²) in [4.78, 5) is 18.5. The Balaban J connectivity index is 1.26. The van der Waals surface area contributed by atoms with Crippen LogP contribution >= 0.6 is 0 Å². The summed E-state index contributed by atoms with van der Waals surface area (Å²) in [6, 6.07) is 12.8. The highest BCUT2D eigenvalue weighted by Crippen LogP contribution is 2.29. The minimum Gasteiger partial charge on any atom is -0.389 e. The van der Waals surface area contributed by atoms with Crippen molar-refractivity contribution in [2.24, 2.45) is 0 Å². The smallest absolute Gasteiger partial charge is 0.320 e. The fraction of sp³-hybridized carbons (Fsp3) is 0.440. The molecule has 9 nitrogen and oxygen atoms in total. The van der Waals surface area contributed by atoms with Gasteiger partial charge in [0.25, 0.3) is 0 Å². The third-order valence-corrected chi connectivity index (χ3v) is 6.61. The van der Waals surface area contributed by atoms with Crippen molar-refractivity contribution in [1.82, 2.24) is 24.7 Å². The van der Waals surface area contributed by atoms with Crippen LogP contribution in [0.5, 0.6) is 0 Å². The second-order valence-electron chi connectivity index (χ2n) is 8.95. The standard InChI is InChI=1S/C25H33N7O2/c1-2-26-9-10-27-21-5-3-19(4-6-21)20-15-24-23(7-8-28-32(24)16-20)29-11-13-30(14-12-29)25(34)31-17-22(33)18-31/h3-8,15-16,22,26-27,33H,2,9-14,17-18H2,1H3. The molecule has 180 valence electrons. The quantitative estimate of drug-likeness (QED) is 0.464. The molecule has 0 unspecified atom stereocenters. The first-order valence-corrected chi connectivity index (χ1v) is 12.1. The summed E-state index contributed by atoms with van der Waals surface area (Å²) >= 11 is 0. The maximum Gasteiger partial charge on any atom is 0.320 e. The lowest BCUT2D eigenvalue weighted by molar-refractivity contribution is 0.0145. The minimum atomic E-state index is -0.366. The van der Waals surface area contributed by atoms with Gasteiger partial charge >= 0.3 is 6.03 Å². The van der Waals surface area contributed by atoms with Gasteiger partial charge in [0, 0.05) is 62.9 Å². The number of urea groups is 1. The molecule has 0 spiro atoms. The fourth-order valence-electron chi connectivity index (χ4n) is 4.63. The van der Waals surface area contributed by atoms with Gasteiger partial charge in [0.15, 0.2) is 0 Å². The number of β-amino-alcohol motifs (C(OH)–C–C–N with tert-alkyl or cyclic N) is 1. The van der Waals surface area contributed by atoms with E-state index in [-0.39, 0.29) is 12.1 Å². The van der Waals surface area contributed by atoms with Gasteiger partial charge in [0.1, 0.15) is 0 Å². The maximum atomic E-state index is 12.6. The van der Waals surface area contributed by atoms with Crippen LogP contribution in [0.1, 0.15) is 6.92 Å². The lowest BCUT2D eigenvalue weighted by atomic mass is 10.1. The first-order valence-electron chi connectivity index (χ1n) is 12.1. The number of carbonyl (C=O) groups is 1. The van der Waals surface area contributed by atoms with Crippen LogP contribution in [-0.2, 0) is 0 Å². The fourth-order valence-corrected chi connectivity index (χ4v) is 4.63. The van der Waals surface area contributed by atoms with E-state index in [1.165, 1.54) is 0 Å². The molecule has 0 bridgehead atoms. The van der Waals surface area contributed by atoms with Crippen molar-refractivity contribution in [3.63, 3.8) is 0 Å². The Kier molecular flexibility index (Phi) is 6.55. The SMILES string of the molecule is CCNCCNc1ccc(-c2cc3c(N4CCN(C(=O)N5CC(O)C5)CC4)ccnn3c2)cc1. The van der Waals surface area contributed by atoms with Crippen LogP contribution in [0.3, 0.4) is 0 Å². The Labute approximate surface area is 199 Å². The summed E-state index contributed by atoms with van der Waals surface area (Å²) in [5.74, 6) is 0. The molecule has 0 aliphatic carbocycles. The van der Waals surface area contributed by atoms with E-state index in [9.17, 15) is 9.90 Å². The molecule has 34 heavy (non-hydrogen) atoms. The molecule has 2 amide bonds. The number of nitrogens with one attached hydrogen (secondary N) is 2. The molecular weight excluding hydrogens is 430 g/mol. The molecule has 0 saturated carbocycles. The van der Waals surface area contributed by atoms with Gasteiger partial charge in [0.05, 0.1) is 30.4 Å². The van der Waals surface area contributed by atoms with Gasteiger partial charge in [-0.2, -0.15) is 5.10 Å². The Morgan fingerprint density at radius 2 is 1.79 bits per heavy atom. The number of likely N-dealkylation sites (N-methyl/N-ethyl adjacent to an activating group) is 1. The summed E-state index contributed by atoms with van der Waals surface area (Å²) in [6.07, 6.45) is 3.54. The van der Waals surface area contributed by atoms with Crippen LogP contribution in [0, 0.1) is 0 Å². The van der Waals surface area contributed by atoms with E-state index in [4.69, 9.17) is 0 Å². The van der Waals surface area contributed by atoms with Crippen LogP contribution in [0.4, 0.5) is 16.2 Å². The molecule has 2 aromatic heterocycles. The number of aliphatic hydroxyl groups is 1. The lowest BCUT2D eigenvalue weighted by Gasteiger charge is -2.42. The molecule has 3 N–H and O–H groups in total. The Morgan fingerprint density at radius 3 is 2.50 bits per heavy atom. The molecule has 9 heteroatoms. The lowest BCUT2D eigenvalue weighted by Crippen LogP contribution is -2.60. The zero-order valence-corrected chi connectivity index (χ0v) is 19.7. The molecule has 2 saturated heterocycles. The summed E-state index contributed by atoms with van der Waals surface area (Å²) in [5, 5.41) is 20.7. The molecule has 4 heterocycles. The largest absolute Gasteiger partial charge is 0.389 e. The number of nitrogens with zero attached hydrogens (tertiary/aromatic N) is 5. The van der Waals surface area contributed by atoms with Gasteiger partial charge in [-0.15, -0.1) is 0 Å². The molecule has 5 rings (SSSR count). The van der Waals surface area contributed by atoms with Gasteiger partial charge in [-0.25, -0.2) is 9.31 Å². The van der Waals surface area contributed by atoms with Gasteiger partial charge in [0.2, 0.25) is 0 Å². The van der Waals surface area contributed by atoms with Gasteiger partial charge in [-0.05, 0) is 36.4 Å². The van der Waals surface area contributed by atoms with Crippen LogP contribution in [0.15, 0.2) is 48.8 Å². The van der Waals surface area contributed by atoms with Crippen LogP contribution in [0.2, 0.25) is 0 Å². The molecular formula is C25H33N7O2. The van der Waals surface area contributed by atoms with Crippen molar-refractivity contribution in [3.8, 4) is 11.1 Å². The van der Waals surface area contributed by atoms with E-state index in [0.29, 0.717) is 26.2 Å². The van der Waals surface area contributed by atoms with Crippen LogP contribution < -0.4 is 15.5 Å². The second-order valence-corrected chi connectivity index (χ2v) is 8.95. The molecule has 2 aliphatic rings. The topological polar surface area (TPSA) is 88.4 Å². The van der Waals surface area contributed by atoms with Gasteiger partial charge in [-0.1, -0.05) is 19.1 Å². The van der Waals surface area contributed by atoms with Crippen molar-refractivity contribution in [2.45, 2.75) is 13.0 Å². The number of rotatable bonds is 7. The average Bonchev–Trinajstić information content (AvgIpc) is 3.29. The van der Waals surface area contributed by atoms with E-state index >= 15 is 0 Å². The van der Waals surface area contributed by atoms with E-state index in [2.05, 4.69) is 70.2 Å². The Bertz CT molecular complexity index is 1120. The van der Waals surface area contributed by atoms with Crippen molar-refractivity contribution in [1.29, 1.82) is 0 Å². The first kappa shape index (κ1) is 22.5. The number of amides is 2. The van der Waals surface area contributed by atoms with E-state index in [1.807, 2.05) is 15.6 Å². The van der Waals surface area contributed by atoms with E-state index in [1.54, 1.807) is 4.90 Å². The summed E-state index contributed by atoms with van der Waals surface area (Å²) in [7, 11) is 0. The number of carbonyl (C=O) groups excluding carboxylic acids is 1. The normalized spacial score (nSPS) is 16.7. The maximum absolute atomic E-state index is 12.6. The summed E-state index contributed by atoms with van der Waals surface area (Å²) < 4.78 is 1.94. The van der Waals surface area contributed by atoms with Crippen molar-refractivity contribution >= 4 is 22.9 Å². The third kappa shape index (κ3) is 4.67.